The molecule has 98 valence electrons. The van der Waals surface area contributed by atoms with E-state index in [0.717, 1.165) is 17.7 Å². The van der Waals surface area contributed by atoms with Crippen molar-refractivity contribution in [2.24, 2.45) is 0 Å². The number of Topliss-reactive ketones (excluding diaryl/α,β-unsaturated/α-hetero) is 1. The maximum atomic E-state index is 13.4. The van der Waals surface area contributed by atoms with Gasteiger partial charge in [-0.1, -0.05) is 30.3 Å². The summed E-state index contributed by atoms with van der Waals surface area (Å²) in [7, 11) is 0. The summed E-state index contributed by atoms with van der Waals surface area (Å²) < 4.78 is 26.1. The van der Waals surface area contributed by atoms with Crippen molar-refractivity contribution in [3.63, 3.8) is 0 Å². The minimum absolute atomic E-state index is 0.0537. The predicted molar refractivity (Wildman–Crippen MR) is 73.3 cm³/mol. The van der Waals surface area contributed by atoms with Crippen LogP contribution in [0.4, 0.5) is 8.78 Å². The molecule has 0 unspecified atom stereocenters. The number of benzene rings is 2. The Hall–Kier alpha value is -1.68. The largest absolute Gasteiger partial charge is 0.293 e. The third-order valence-corrected chi connectivity index (χ3v) is 3.58. The number of thioether (sulfide) groups is 1. The lowest BCUT2D eigenvalue weighted by molar-refractivity contribution is 0.101. The summed E-state index contributed by atoms with van der Waals surface area (Å²) >= 11 is 1.41. The molecule has 0 saturated carbocycles. The summed E-state index contributed by atoms with van der Waals surface area (Å²) in [5.41, 5.74) is 1.06. The van der Waals surface area contributed by atoms with E-state index in [1.54, 1.807) is 0 Å². The zero-order chi connectivity index (χ0) is 13.7. The molecule has 4 heteroatoms. The number of hydrogen-bond acceptors (Lipinski definition) is 2. The van der Waals surface area contributed by atoms with E-state index < -0.39 is 11.6 Å². The van der Waals surface area contributed by atoms with Crippen molar-refractivity contribution in [2.45, 2.75) is 5.75 Å². The molecule has 0 saturated heterocycles. The molecule has 0 fully saturated rings. The highest BCUT2D eigenvalue weighted by Gasteiger charge is 2.12. The predicted octanol–water partition coefficient (Wildman–Crippen LogP) is 4.08. The van der Waals surface area contributed by atoms with Gasteiger partial charge in [0.1, 0.15) is 11.6 Å². The molecular weight excluding hydrogens is 266 g/mol. The van der Waals surface area contributed by atoms with Crippen LogP contribution in [0.25, 0.3) is 0 Å². The van der Waals surface area contributed by atoms with E-state index in [1.807, 2.05) is 30.3 Å². The normalized spacial score (nSPS) is 10.4. The van der Waals surface area contributed by atoms with Crippen LogP contribution in [-0.2, 0) is 5.75 Å². The number of rotatable bonds is 5. The maximum Gasteiger partial charge on any atom is 0.175 e. The topological polar surface area (TPSA) is 17.1 Å². The first-order chi connectivity index (χ1) is 9.16. The van der Waals surface area contributed by atoms with Gasteiger partial charge in [0.25, 0.3) is 0 Å². The number of hydrogen-bond donors (Lipinski definition) is 0. The average molecular weight is 278 g/mol. The number of halogens is 2. The monoisotopic (exact) mass is 278 g/mol. The van der Waals surface area contributed by atoms with Crippen molar-refractivity contribution in [3.05, 3.63) is 71.3 Å². The molecule has 0 aliphatic rings. The summed E-state index contributed by atoms with van der Waals surface area (Å²) in [5.74, 6) is -0.929. The van der Waals surface area contributed by atoms with Crippen LogP contribution in [0, 0.1) is 11.6 Å². The Morgan fingerprint density at radius 2 is 1.79 bits per heavy atom. The van der Waals surface area contributed by atoms with Gasteiger partial charge in [-0.25, -0.2) is 8.78 Å². The minimum atomic E-state index is -0.801. The van der Waals surface area contributed by atoms with Crippen molar-refractivity contribution in [1.29, 1.82) is 0 Å². The van der Waals surface area contributed by atoms with E-state index in [9.17, 15) is 13.6 Å². The summed E-state index contributed by atoms with van der Waals surface area (Å²) in [6, 6.07) is 12.7. The molecule has 0 radical (unpaired) electrons. The molecule has 0 aromatic heterocycles. The highest BCUT2D eigenvalue weighted by molar-refractivity contribution is 7.99. The average Bonchev–Trinajstić information content (AvgIpc) is 2.39. The molecule has 1 nitrogen and oxygen atoms in total. The van der Waals surface area contributed by atoms with Crippen LogP contribution in [0.1, 0.15) is 15.9 Å². The van der Waals surface area contributed by atoms with Gasteiger partial charge in [0.2, 0.25) is 0 Å². The van der Waals surface area contributed by atoms with E-state index in [-0.39, 0.29) is 17.1 Å². The number of ketones is 1. The van der Waals surface area contributed by atoms with E-state index in [4.69, 9.17) is 0 Å². The highest BCUT2D eigenvalue weighted by atomic mass is 32.2. The van der Waals surface area contributed by atoms with Crippen molar-refractivity contribution >= 4 is 17.5 Å². The summed E-state index contributed by atoms with van der Waals surface area (Å²) in [6.45, 7) is 0. The third kappa shape index (κ3) is 3.89. The van der Waals surface area contributed by atoms with E-state index in [2.05, 4.69) is 0 Å². The van der Waals surface area contributed by atoms with Crippen molar-refractivity contribution in [2.75, 3.05) is 5.75 Å². The molecular formula is C15H12F2OS. The quantitative estimate of drug-likeness (QED) is 0.767. The smallest absolute Gasteiger partial charge is 0.175 e. The van der Waals surface area contributed by atoms with Crippen LogP contribution in [-0.4, -0.2) is 11.5 Å². The van der Waals surface area contributed by atoms with Gasteiger partial charge in [-0.15, -0.1) is 11.8 Å². The molecule has 0 amide bonds. The first kappa shape index (κ1) is 13.7. The second-order valence-corrected chi connectivity index (χ2v) is 5.01. The van der Waals surface area contributed by atoms with E-state index in [0.29, 0.717) is 5.75 Å². The molecule has 0 heterocycles. The van der Waals surface area contributed by atoms with Gasteiger partial charge in [-0.2, -0.15) is 0 Å². The van der Waals surface area contributed by atoms with Crippen LogP contribution in [0.2, 0.25) is 0 Å². The van der Waals surface area contributed by atoms with Gasteiger partial charge < -0.3 is 0 Å². The first-order valence-electron chi connectivity index (χ1n) is 5.77. The summed E-state index contributed by atoms with van der Waals surface area (Å²) in [6.07, 6.45) is 0. The molecule has 0 bridgehead atoms. The standard InChI is InChI=1S/C15H12F2OS/c16-12-6-7-13(14(17)8-12)15(18)10-19-9-11-4-2-1-3-5-11/h1-8H,9-10H2. The van der Waals surface area contributed by atoms with Crippen LogP contribution >= 0.6 is 11.8 Å². The zero-order valence-corrected chi connectivity index (χ0v) is 10.9. The second kappa shape index (κ2) is 6.48. The molecule has 2 aromatic carbocycles. The summed E-state index contributed by atoms with van der Waals surface area (Å²) in [5, 5.41) is 0. The molecule has 0 aliphatic carbocycles. The Morgan fingerprint density at radius 3 is 2.47 bits per heavy atom. The summed E-state index contributed by atoms with van der Waals surface area (Å²) in [4.78, 5) is 11.8. The van der Waals surface area contributed by atoms with E-state index >= 15 is 0 Å². The lowest BCUT2D eigenvalue weighted by Crippen LogP contribution is -2.06. The molecule has 0 aliphatic heterocycles. The lowest BCUT2D eigenvalue weighted by Gasteiger charge is -2.03. The first-order valence-corrected chi connectivity index (χ1v) is 6.92. The Balaban J connectivity index is 1.91. The maximum absolute atomic E-state index is 13.4. The van der Waals surface area contributed by atoms with Crippen molar-refractivity contribution in [1.82, 2.24) is 0 Å². The highest BCUT2D eigenvalue weighted by Crippen LogP contribution is 2.16. The Labute approximate surface area is 114 Å². The van der Waals surface area contributed by atoms with Gasteiger partial charge in [0.05, 0.1) is 11.3 Å². The third-order valence-electron chi connectivity index (χ3n) is 2.58. The Bertz CT molecular complexity index is 570. The molecule has 2 rings (SSSR count). The number of carbonyl (C=O) groups excluding carboxylic acids is 1. The van der Waals surface area contributed by atoms with Crippen molar-refractivity contribution in [3.8, 4) is 0 Å². The lowest BCUT2D eigenvalue weighted by atomic mass is 10.1. The minimum Gasteiger partial charge on any atom is -0.293 e. The SMILES string of the molecule is O=C(CSCc1ccccc1)c1ccc(F)cc1F. The van der Waals surface area contributed by atoms with Gasteiger partial charge in [0, 0.05) is 11.8 Å². The van der Waals surface area contributed by atoms with Crippen LogP contribution in [0.3, 0.4) is 0 Å². The van der Waals surface area contributed by atoms with Gasteiger partial charge >= 0.3 is 0 Å². The second-order valence-electron chi connectivity index (χ2n) is 4.03. The fraction of sp³-hybridized carbons (Fsp3) is 0.133. The Morgan fingerprint density at radius 1 is 1.05 bits per heavy atom. The van der Waals surface area contributed by atoms with Gasteiger partial charge in [0.15, 0.2) is 5.78 Å². The van der Waals surface area contributed by atoms with Crippen LogP contribution < -0.4 is 0 Å². The fourth-order valence-electron chi connectivity index (χ4n) is 1.63. The van der Waals surface area contributed by atoms with E-state index in [1.165, 1.54) is 17.8 Å². The Kier molecular flexibility index (Phi) is 4.68. The molecule has 19 heavy (non-hydrogen) atoms. The van der Waals surface area contributed by atoms with Crippen LogP contribution in [0.15, 0.2) is 48.5 Å². The van der Waals surface area contributed by atoms with Gasteiger partial charge in [-0.3, -0.25) is 4.79 Å². The molecule has 0 atom stereocenters. The number of carbonyl (C=O) groups is 1. The van der Waals surface area contributed by atoms with Crippen LogP contribution in [0.5, 0.6) is 0 Å². The van der Waals surface area contributed by atoms with Gasteiger partial charge in [-0.05, 0) is 17.7 Å². The molecule has 0 spiro atoms. The van der Waals surface area contributed by atoms with Crippen molar-refractivity contribution < 1.29 is 13.6 Å². The zero-order valence-electron chi connectivity index (χ0n) is 10.1. The molecule has 2 aromatic rings. The fourth-order valence-corrected chi connectivity index (χ4v) is 2.50. The molecule has 0 N–H and O–H groups in total.